The molecular formula is C26H22F2N2O3. The fourth-order valence-corrected chi connectivity index (χ4v) is 3.65. The Kier molecular flexibility index (Phi) is 5.96. The Morgan fingerprint density at radius 3 is 2.33 bits per heavy atom. The highest BCUT2D eigenvalue weighted by Crippen LogP contribution is 2.36. The lowest BCUT2D eigenvalue weighted by Crippen LogP contribution is -2.32. The van der Waals surface area contributed by atoms with Gasteiger partial charge in [0.2, 0.25) is 0 Å². The van der Waals surface area contributed by atoms with Gasteiger partial charge in [-0.15, -0.1) is 0 Å². The third kappa shape index (κ3) is 4.09. The van der Waals surface area contributed by atoms with E-state index in [0.717, 1.165) is 28.2 Å². The molecule has 168 valence electrons. The number of aryl methyl sites for hydroxylation is 2. The summed E-state index contributed by atoms with van der Waals surface area (Å²) in [6.07, 6.45) is 0. The summed E-state index contributed by atoms with van der Waals surface area (Å²) in [7, 11) is 0. The number of halogens is 2. The molecule has 1 N–H and O–H groups in total. The third-order valence-electron chi connectivity index (χ3n) is 5.49. The van der Waals surface area contributed by atoms with Gasteiger partial charge in [-0.1, -0.05) is 30.3 Å². The molecule has 5 nitrogen and oxygen atoms in total. The molecule has 7 heteroatoms. The molecule has 0 atom stereocenters. The average molecular weight is 448 g/mol. The van der Waals surface area contributed by atoms with Crippen LogP contribution in [0.3, 0.4) is 0 Å². The minimum absolute atomic E-state index is 0.0279. The molecule has 3 aromatic rings. The van der Waals surface area contributed by atoms with E-state index in [-0.39, 0.29) is 17.0 Å². The first-order valence-corrected chi connectivity index (χ1v) is 10.5. The monoisotopic (exact) mass is 448 g/mol. The summed E-state index contributed by atoms with van der Waals surface area (Å²) in [4.78, 5) is 27.8. The molecule has 1 aliphatic heterocycles. The molecule has 0 unspecified atom stereocenters. The highest BCUT2D eigenvalue weighted by Gasteiger charge is 2.41. The topological polar surface area (TPSA) is 58.6 Å². The molecule has 0 saturated carbocycles. The van der Waals surface area contributed by atoms with Crippen LogP contribution in [-0.4, -0.2) is 18.4 Å². The molecule has 0 bridgehead atoms. The van der Waals surface area contributed by atoms with E-state index in [1.807, 2.05) is 32.9 Å². The number of anilines is 2. The molecular weight excluding hydrogens is 426 g/mol. The van der Waals surface area contributed by atoms with E-state index in [2.05, 4.69) is 5.32 Å². The van der Waals surface area contributed by atoms with Crippen LogP contribution >= 0.6 is 0 Å². The van der Waals surface area contributed by atoms with Gasteiger partial charge in [0.25, 0.3) is 11.8 Å². The van der Waals surface area contributed by atoms with Crippen LogP contribution in [0.2, 0.25) is 0 Å². The Balaban J connectivity index is 1.86. The molecule has 0 fully saturated rings. The maximum atomic E-state index is 13.9. The molecule has 1 heterocycles. The number of nitrogens with one attached hydrogen (secondary N) is 1. The van der Waals surface area contributed by atoms with Crippen molar-refractivity contribution in [1.82, 2.24) is 0 Å². The van der Waals surface area contributed by atoms with Crippen molar-refractivity contribution >= 4 is 28.8 Å². The predicted octanol–water partition coefficient (Wildman–Crippen LogP) is 5.38. The molecule has 0 radical (unpaired) electrons. The van der Waals surface area contributed by atoms with Crippen LogP contribution < -0.4 is 15.0 Å². The molecule has 0 aromatic heterocycles. The van der Waals surface area contributed by atoms with Crippen LogP contribution in [0.5, 0.6) is 5.75 Å². The zero-order valence-electron chi connectivity index (χ0n) is 18.4. The summed E-state index contributed by atoms with van der Waals surface area (Å²) in [5, 5.41) is 3.06. The van der Waals surface area contributed by atoms with Crippen LogP contribution in [0.4, 0.5) is 20.2 Å². The Labute approximate surface area is 190 Å². The Bertz CT molecular complexity index is 1300. The predicted molar refractivity (Wildman–Crippen MR) is 123 cm³/mol. The second-order valence-electron chi connectivity index (χ2n) is 7.65. The number of benzene rings is 3. The third-order valence-corrected chi connectivity index (χ3v) is 5.49. The minimum Gasteiger partial charge on any atom is -0.492 e. The second kappa shape index (κ2) is 8.86. The summed E-state index contributed by atoms with van der Waals surface area (Å²) in [5.41, 5.74) is 3.13. The second-order valence-corrected chi connectivity index (χ2v) is 7.65. The standard InChI is InChI=1S/C26H22F2N2O3/c1-4-33-22-8-6-5-7-21(22)29-24-23(17-10-9-15(2)16(3)13-17)25(31)30(26(24)32)18-11-12-19(27)20(28)14-18/h5-14,29H,4H2,1-3H3. The SMILES string of the molecule is CCOc1ccccc1NC1=C(c2ccc(C)c(C)c2)C(=O)N(c2ccc(F)c(F)c2)C1=O. The highest BCUT2D eigenvalue weighted by atomic mass is 19.2. The molecule has 1 aliphatic rings. The Morgan fingerprint density at radius 2 is 1.64 bits per heavy atom. The summed E-state index contributed by atoms with van der Waals surface area (Å²) in [5.74, 6) is -3.01. The van der Waals surface area contributed by atoms with Gasteiger partial charge in [0.1, 0.15) is 11.4 Å². The van der Waals surface area contributed by atoms with E-state index in [1.165, 1.54) is 6.07 Å². The minimum atomic E-state index is -1.15. The maximum absolute atomic E-state index is 13.9. The first kappa shape index (κ1) is 22.2. The lowest BCUT2D eigenvalue weighted by molar-refractivity contribution is -0.120. The molecule has 2 amide bonds. The number of nitrogens with zero attached hydrogens (tertiary/aromatic N) is 1. The molecule has 0 aliphatic carbocycles. The maximum Gasteiger partial charge on any atom is 0.282 e. The number of carbonyl (C=O) groups excluding carboxylic acids is 2. The van der Waals surface area contributed by atoms with Gasteiger partial charge in [-0.05, 0) is 61.7 Å². The number of para-hydroxylation sites is 2. The van der Waals surface area contributed by atoms with Gasteiger partial charge in [0.05, 0.1) is 23.6 Å². The first-order valence-electron chi connectivity index (χ1n) is 10.5. The number of hydrogen-bond acceptors (Lipinski definition) is 4. The zero-order valence-corrected chi connectivity index (χ0v) is 18.4. The smallest absolute Gasteiger partial charge is 0.282 e. The highest BCUT2D eigenvalue weighted by molar-refractivity contribution is 6.46. The largest absolute Gasteiger partial charge is 0.492 e. The van der Waals surface area contributed by atoms with Crippen molar-refractivity contribution in [2.75, 3.05) is 16.8 Å². The first-order chi connectivity index (χ1) is 15.8. The van der Waals surface area contributed by atoms with Crippen LogP contribution in [0.15, 0.2) is 66.4 Å². The Morgan fingerprint density at radius 1 is 0.879 bits per heavy atom. The van der Waals surface area contributed by atoms with Crippen molar-refractivity contribution in [2.45, 2.75) is 20.8 Å². The van der Waals surface area contributed by atoms with E-state index >= 15 is 0 Å². The van der Waals surface area contributed by atoms with Crippen LogP contribution in [0, 0.1) is 25.5 Å². The summed E-state index contributed by atoms with van der Waals surface area (Å²) in [6, 6.07) is 15.4. The van der Waals surface area contributed by atoms with E-state index in [0.29, 0.717) is 23.6 Å². The normalized spacial score (nSPS) is 13.7. The van der Waals surface area contributed by atoms with Gasteiger partial charge in [-0.3, -0.25) is 9.59 Å². The van der Waals surface area contributed by atoms with Gasteiger partial charge in [-0.2, -0.15) is 0 Å². The van der Waals surface area contributed by atoms with Crippen LogP contribution in [0.1, 0.15) is 23.6 Å². The fourth-order valence-electron chi connectivity index (χ4n) is 3.65. The average Bonchev–Trinajstić information content (AvgIpc) is 3.03. The van der Waals surface area contributed by atoms with E-state index in [9.17, 15) is 18.4 Å². The molecule has 3 aromatic carbocycles. The van der Waals surface area contributed by atoms with Gasteiger partial charge in [-0.25, -0.2) is 13.7 Å². The fraction of sp³-hybridized carbons (Fsp3) is 0.154. The van der Waals surface area contributed by atoms with Crippen molar-refractivity contribution in [3.8, 4) is 5.75 Å². The summed E-state index contributed by atoms with van der Waals surface area (Å²) >= 11 is 0. The summed E-state index contributed by atoms with van der Waals surface area (Å²) in [6.45, 7) is 6.10. The quantitative estimate of drug-likeness (QED) is 0.515. The lowest BCUT2D eigenvalue weighted by atomic mass is 9.99. The van der Waals surface area contributed by atoms with Crippen molar-refractivity contribution in [2.24, 2.45) is 0 Å². The molecule has 0 spiro atoms. The number of amides is 2. The number of hydrogen-bond donors (Lipinski definition) is 1. The lowest BCUT2D eigenvalue weighted by Gasteiger charge is -2.16. The van der Waals surface area contributed by atoms with Crippen molar-refractivity contribution in [1.29, 1.82) is 0 Å². The Hall–Kier alpha value is -4.00. The van der Waals surface area contributed by atoms with Gasteiger partial charge >= 0.3 is 0 Å². The van der Waals surface area contributed by atoms with Gasteiger partial charge in [0.15, 0.2) is 11.6 Å². The van der Waals surface area contributed by atoms with E-state index in [1.54, 1.807) is 30.3 Å². The van der Waals surface area contributed by atoms with Crippen LogP contribution in [-0.2, 0) is 9.59 Å². The molecule has 4 rings (SSSR count). The number of imide groups is 1. The van der Waals surface area contributed by atoms with Crippen molar-refractivity contribution < 1.29 is 23.1 Å². The number of carbonyl (C=O) groups is 2. The number of rotatable bonds is 6. The van der Waals surface area contributed by atoms with Crippen LogP contribution in [0.25, 0.3) is 5.57 Å². The van der Waals surface area contributed by atoms with E-state index in [4.69, 9.17) is 4.74 Å². The van der Waals surface area contributed by atoms with Crippen molar-refractivity contribution in [3.63, 3.8) is 0 Å². The molecule has 0 saturated heterocycles. The summed E-state index contributed by atoms with van der Waals surface area (Å²) < 4.78 is 33.0. The number of ether oxygens (including phenoxy) is 1. The van der Waals surface area contributed by atoms with Crippen molar-refractivity contribution in [3.05, 3.63) is 94.7 Å². The molecule has 33 heavy (non-hydrogen) atoms. The zero-order chi connectivity index (χ0) is 23.7. The van der Waals surface area contributed by atoms with E-state index < -0.39 is 23.4 Å². The van der Waals surface area contributed by atoms with Gasteiger partial charge < -0.3 is 10.1 Å². The van der Waals surface area contributed by atoms with Gasteiger partial charge in [0, 0.05) is 6.07 Å².